The van der Waals surface area contributed by atoms with E-state index in [1.54, 1.807) is 0 Å². The topological polar surface area (TPSA) is 21.3 Å². The van der Waals surface area contributed by atoms with E-state index >= 15 is 0 Å². The van der Waals surface area contributed by atoms with Gasteiger partial charge in [-0.25, -0.2) is 0 Å². The van der Waals surface area contributed by atoms with Gasteiger partial charge in [0.15, 0.2) is 0 Å². The summed E-state index contributed by atoms with van der Waals surface area (Å²) in [5, 5.41) is 3.47. The van der Waals surface area contributed by atoms with E-state index in [0.717, 1.165) is 36.6 Å². The van der Waals surface area contributed by atoms with Gasteiger partial charge in [-0.05, 0) is 42.7 Å². The summed E-state index contributed by atoms with van der Waals surface area (Å²) in [5.74, 6) is 0.941. The van der Waals surface area contributed by atoms with Crippen molar-refractivity contribution in [2.24, 2.45) is 0 Å². The molecule has 0 spiro atoms. The van der Waals surface area contributed by atoms with Crippen molar-refractivity contribution in [3.05, 3.63) is 54.1 Å². The molecule has 124 valence electrons. The highest BCUT2D eigenvalue weighted by atomic mass is 16.5. The van der Waals surface area contributed by atoms with Crippen LogP contribution in [0.1, 0.15) is 51.5 Å². The number of hydrogen-bond acceptors (Lipinski definition) is 2. The van der Waals surface area contributed by atoms with Gasteiger partial charge in [-0.1, -0.05) is 57.7 Å². The Morgan fingerprint density at radius 3 is 2.39 bits per heavy atom. The summed E-state index contributed by atoms with van der Waals surface area (Å²) < 4.78 is 5.85. The van der Waals surface area contributed by atoms with Crippen molar-refractivity contribution in [3.63, 3.8) is 0 Å². The molecule has 0 bridgehead atoms. The van der Waals surface area contributed by atoms with Crippen LogP contribution in [0, 0.1) is 0 Å². The minimum Gasteiger partial charge on any atom is -0.494 e. The van der Waals surface area contributed by atoms with Crippen molar-refractivity contribution in [1.29, 1.82) is 0 Å². The molecule has 0 fully saturated rings. The smallest absolute Gasteiger partial charge is 0.121 e. The van der Waals surface area contributed by atoms with Crippen LogP contribution in [-0.4, -0.2) is 6.61 Å². The van der Waals surface area contributed by atoms with E-state index in [4.69, 9.17) is 4.74 Å². The molecule has 0 aliphatic carbocycles. The molecule has 0 unspecified atom stereocenters. The third-order valence-electron chi connectivity index (χ3n) is 3.85. The van der Waals surface area contributed by atoms with Crippen LogP contribution in [0.4, 0.5) is 11.4 Å². The van der Waals surface area contributed by atoms with Gasteiger partial charge in [0.05, 0.1) is 6.61 Å². The summed E-state index contributed by atoms with van der Waals surface area (Å²) in [6.45, 7) is 5.24. The predicted octanol–water partition coefficient (Wildman–Crippen LogP) is 6.34. The van der Waals surface area contributed by atoms with Crippen molar-refractivity contribution in [2.75, 3.05) is 11.9 Å². The number of ether oxygens (including phenoxy) is 1. The molecule has 0 atom stereocenters. The molecular weight excluding hydrogens is 282 g/mol. The third-order valence-corrected chi connectivity index (χ3v) is 3.85. The van der Waals surface area contributed by atoms with Gasteiger partial charge in [0.2, 0.25) is 0 Å². The summed E-state index contributed by atoms with van der Waals surface area (Å²) in [4.78, 5) is 0. The Bertz CT molecular complexity index is 580. The summed E-state index contributed by atoms with van der Waals surface area (Å²) in [6.07, 6.45) is 7.22. The van der Waals surface area contributed by atoms with Crippen LogP contribution in [0.5, 0.6) is 5.75 Å². The van der Waals surface area contributed by atoms with Crippen LogP contribution in [0.2, 0.25) is 0 Å². The molecule has 0 radical (unpaired) electrons. The van der Waals surface area contributed by atoms with Crippen molar-refractivity contribution < 1.29 is 4.74 Å². The molecule has 0 saturated heterocycles. The Labute approximate surface area is 140 Å². The quantitative estimate of drug-likeness (QED) is 0.517. The molecule has 0 amide bonds. The summed E-state index contributed by atoms with van der Waals surface area (Å²) in [6, 6.07) is 16.9. The summed E-state index contributed by atoms with van der Waals surface area (Å²) >= 11 is 0. The maximum absolute atomic E-state index is 5.85. The minimum atomic E-state index is 0.801. The van der Waals surface area contributed by atoms with E-state index in [2.05, 4.69) is 55.6 Å². The highest BCUT2D eigenvalue weighted by molar-refractivity contribution is 5.61. The lowest BCUT2D eigenvalue weighted by molar-refractivity contribution is 0.305. The predicted molar refractivity (Wildman–Crippen MR) is 99.8 cm³/mol. The molecule has 1 N–H and O–H groups in total. The fourth-order valence-corrected chi connectivity index (χ4v) is 2.64. The van der Waals surface area contributed by atoms with Crippen LogP contribution in [0.25, 0.3) is 0 Å². The molecule has 2 rings (SSSR count). The van der Waals surface area contributed by atoms with Gasteiger partial charge in [-0.2, -0.15) is 0 Å². The monoisotopic (exact) mass is 311 g/mol. The standard InChI is InChI=1S/C21H29NO/c1-3-5-6-7-15-23-21-14-9-13-20(17-21)22-19-12-8-11-18(16-19)10-4-2/h8-9,11-14,16-17,22H,3-7,10,15H2,1-2H3. The largest absolute Gasteiger partial charge is 0.494 e. The minimum absolute atomic E-state index is 0.801. The van der Waals surface area contributed by atoms with Crippen molar-refractivity contribution in [3.8, 4) is 5.75 Å². The molecule has 2 nitrogen and oxygen atoms in total. The Hall–Kier alpha value is -1.96. The zero-order valence-electron chi connectivity index (χ0n) is 14.5. The molecule has 0 aliphatic rings. The first-order valence-electron chi connectivity index (χ1n) is 8.90. The van der Waals surface area contributed by atoms with E-state index in [0.29, 0.717) is 0 Å². The van der Waals surface area contributed by atoms with Crippen LogP contribution in [-0.2, 0) is 6.42 Å². The molecule has 0 aliphatic heterocycles. The maximum Gasteiger partial charge on any atom is 0.121 e. The van der Waals surface area contributed by atoms with Crippen LogP contribution < -0.4 is 10.1 Å². The Morgan fingerprint density at radius 2 is 1.61 bits per heavy atom. The number of benzene rings is 2. The van der Waals surface area contributed by atoms with Gasteiger partial charge in [-0.15, -0.1) is 0 Å². The van der Waals surface area contributed by atoms with Gasteiger partial charge in [0.25, 0.3) is 0 Å². The van der Waals surface area contributed by atoms with E-state index in [-0.39, 0.29) is 0 Å². The van der Waals surface area contributed by atoms with Gasteiger partial charge in [-0.3, -0.25) is 0 Å². The highest BCUT2D eigenvalue weighted by Crippen LogP contribution is 2.22. The normalized spacial score (nSPS) is 10.5. The fourth-order valence-electron chi connectivity index (χ4n) is 2.64. The van der Waals surface area contributed by atoms with E-state index in [1.165, 1.54) is 31.2 Å². The second-order valence-electron chi connectivity index (χ2n) is 6.01. The number of aryl methyl sites for hydroxylation is 1. The molecule has 2 aromatic rings. The molecule has 0 saturated carbocycles. The number of nitrogens with one attached hydrogen (secondary N) is 1. The van der Waals surface area contributed by atoms with E-state index in [9.17, 15) is 0 Å². The van der Waals surface area contributed by atoms with Gasteiger partial charge < -0.3 is 10.1 Å². The van der Waals surface area contributed by atoms with Gasteiger partial charge in [0, 0.05) is 17.4 Å². The number of unbranched alkanes of at least 4 members (excludes halogenated alkanes) is 3. The summed E-state index contributed by atoms with van der Waals surface area (Å²) in [5.41, 5.74) is 3.58. The molecule has 23 heavy (non-hydrogen) atoms. The Morgan fingerprint density at radius 1 is 0.826 bits per heavy atom. The van der Waals surface area contributed by atoms with Crippen LogP contribution >= 0.6 is 0 Å². The first kappa shape index (κ1) is 17.4. The second kappa shape index (κ2) is 9.94. The average Bonchev–Trinajstić information content (AvgIpc) is 2.56. The molecule has 0 aromatic heterocycles. The fraction of sp³-hybridized carbons (Fsp3) is 0.429. The Kier molecular flexibility index (Phi) is 7.51. The van der Waals surface area contributed by atoms with E-state index < -0.39 is 0 Å². The zero-order valence-corrected chi connectivity index (χ0v) is 14.5. The van der Waals surface area contributed by atoms with Gasteiger partial charge in [0.1, 0.15) is 5.75 Å². The van der Waals surface area contributed by atoms with Gasteiger partial charge >= 0.3 is 0 Å². The first-order chi connectivity index (χ1) is 11.3. The van der Waals surface area contributed by atoms with Crippen molar-refractivity contribution >= 4 is 11.4 Å². The maximum atomic E-state index is 5.85. The van der Waals surface area contributed by atoms with Crippen molar-refractivity contribution in [2.45, 2.75) is 52.4 Å². The van der Waals surface area contributed by atoms with Crippen molar-refractivity contribution in [1.82, 2.24) is 0 Å². The van der Waals surface area contributed by atoms with Crippen LogP contribution in [0.3, 0.4) is 0 Å². The lowest BCUT2D eigenvalue weighted by Crippen LogP contribution is -1.98. The summed E-state index contributed by atoms with van der Waals surface area (Å²) in [7, 11) is 0. The second-order valence-corrected chi connectivity index (χ2v) is 6.01. The lowest BCUT2D eigenvalue weighted by Gasteiger charge is -2.11. The van der Waals surface area contributed by atoms with Crippen LogP contribution in [0.15, 0.2) is 48.5 Å². The SMILES string of the molecule is CCCCCCOc1cccc(Nc2cccc(CCC)c2)c1. The molecular formula is C21H29NO. The number of hydrogen-bond donors (Lipinski definition) is 1. The first-order valence-corrected chi connectivity index (χ1v) is 8.90. The zero-order chi connectivity index (χ0) is 16.3. The molecule has 2 heteroatoms. The Balaban J connectivity index is 1.90. The lowest BCUT2D eigenvalue weighted by atomic mass is 10.1. The highest BCUT2D eigenvalue weighted by Gasteiger charge is 2.00. The third kappa shape index (κ3) is 6.35. The molecule has 2 aromatic carbocycles. The molecule has 0 heterocycles. The average molecular weight is 311 g/mol. The van der Waals surface area contributed by atoms with E-state index in [1.807, 2.05) is 12.1 Å². The number of rotatable bonds is 10. The number of anilines is 2.